The third kappa shape index (κ3) is 3.42. The number of rotatable bonds is 5. The molecule has 0 fully saturated rings. The van der Waals surface area contributed by atoms with E-state index in [4.69, 9.17) is 0 Å². The number of sulfone groups is 1. The molecule has 1 aliphatic carbocycles. The normalized spacial score (nSPS) is 15.6. The van der Waals surface area contributed by atoms with E-state index in [1.807, 2.05) is 12.1 Å². The molecule has 0 amide bonds. The maximum atomic E-state index is 12.0. The van der Waals surface area contributed by atoms with Crippen molar-refractivity contribution in [2.24, 2.45) is 5.92 Å². The van der Waals surface area contributed by atoms with E-state index in [-0.39, 0.29) is 17.5 Å². The molecule has 0 radical (unpaired) electrons. The van der Waals surface area contributed by atoms with Gasteiger partial charge < -0.3 is 0 Å². The zero-order valence-electron chi connectivity index (χ0n) is 10.6. The van der Waals surface area contributed by atoms with E-state index < -0.39 is 9.84 Å². The molecule has 0 aliphatic heterocycles. The van der Waals surface area contributed by atoms with Gasteiger partial charge in [0.15, 0.2) is 0 Å². The number of hydrogen-bond donors (Lipinski definition) is 0. The molecule has 1 aromatic carbocycles. The minimum absolute atomic E-state index is 0.0574. The second-order valence-corrected chi connectivity index (χ2v) is 7.33. The number of Topliss-reactive ketones (excluding diaryl/α,β-unsaturated/α-hetero) is 1. The second-order valence-electron chi connectivity index (χ2n) is 5.07. The van der Waals surface area contributed by atoms with Crippen molar-refractivity contribution in [2.75, 3.05) is 12.0 Å². The number of carbonyl (C=O) groups excluding carboxylic acids is 1. The van der Waals surface area contributed by atoms with Gasteiger partial charge in [-0.1, -0.05) is 24.3 Å². The van der Waals surface area contributed by atoms with Crippen LogP contribution in [-0.4, -0.2) is 26.2 Å². The van der Waals surface area contributed by atoms with Gasteiger partial charge in [0.1, 0.15) is 15.6 Å². The van der Waals surface area contributed by atoms with E-state index in [9.17, 15) is 13.2 Å². The van der Waals surface area contributed by atoms with Crippen LogP contribution in [0.3, 0.4) is 0 Å². The van der Waals surface area contributed by atoms with Crippen molar-refractivity contribution in [1.29, 1.82) is 0 Å². The number of benzene rings is 1. The summed E-state index contributed by atoms with van der Waals surface area (Å²) >= 11 is 0. The summed E-state index contributed by atoms with van der Waals surface area (Å²) in [5.74, 6) is 0.370. The van der Waals surface area contributed by atoms with Crippen molar-refractivity contribution < 1.29 is 13.2 Å². The fourth-order valence-corrected chi connectivity index (χ4v) is 3.17. The lowest BCUT2D eigenvalue weighted by atomic mass is 9.98. The van der Waals surface area contributed by atoms with Gasteiger partial charge in [-0.3, -0.25) is 4.79 Å². The summed E-state index contributed by atoms with van der Waals surface area (Å²) in [4.78, 5) is 12.0. The first-order valence-electron chi connectivity index (χ1n) is 6.23. The molecule has 0 bridgehead atoms. The summed E-state index contributed by atoms with van der Waals surface area (Å²) in [7, 11) is -2.95. The maximum absolute atomic E-state index is 12.0. The highest BCUT2D eigenvalue weighted by Gasteiger charge is 2.26. The zero-order valence-corrected chi connectivity index (χ0v) is 11.4. The van der Waals surface area contributed by atoms with Crippen molar-refractivity contribution in [2.45, 2.75) is 25.7 Å². The second kappa shape index (κ2) is 5.22. The molecule has 0 saturated heterocycles. The minimum Gasteiger partial charge on any atom is -0.299 e. The Morgan fingerprint density at radius 2 is 1.78 bits per heavy atom. The van der Waals surface area contributed by atoms with E-state index in [0.717, 1.165) is 12.8 Å². The van der Waals surface area contributed by atoms with E-state index in [0.29, 0.717) is 12.8 Å². The highest BCUT2D eigenvalue weighted by Crippen LogP contribution is 2.27. The lowest BCUT2D eigenvalue weighted by molar-refractivity contribution is -0.122. The quantitative estimate of drug-likeness (QED) is 0.816. The van der Waals surface area contributed by atoms with Crippen LogP contribution in [0.25, 0.3) is 0 Å². The molecular weight excluding hydrogens is 248 g/mol. The van der Waals surface area contributed by atoms with Crippen molar-refractivity contribution in [3.8, 4) is 0 Å². The third-order valence-corrected chi connectivity index (χ3v) is 4.47. The molecule has 1 aromatic rings. The highest BCUT2D eigenvalue weighted by atomic mass is 32.2. The lowest BCUT2D eigenvalue weighted by Gasteiger charge is -2.07. The molecule has 18 heavy (non-hydrogen) atoms. The molecule has 0 heterocycles. The van der Waals surface area contributed by atoms with Crippen molar-refractivity contribution in [3.05, 3.63) is 35.4 Å². The van der Waals surface area contributed by atoms with Gasteiger partial charge in [-0.25, -0.2) is 8.42 Å². The molecule has 0 unspecified atom stereocenters. The molecule has 0 N–H and O–H groups in total. The Hall–Kier alpha value is -1.16. The van der Waals surface area contributed by atoms with Crippen LogP contribution in [0.2, 0.25) is 0 Å². The Bertz CT molecular complexity index is 521. The Balaban J connectivity index is 1.86. The topological polar surface area (TPSA) is 51.2 Å². The van der Waals surface area contributed by atoms with Crippen LogP contribution in [0.4, 0.5) is 0 Å². The predicted molar refractivity (Wildman–Crippen MR) is 71.3 cm³/mol. The van der Waals surface area contributed by atoms with Crippen LogP contribution in [-0.2, 0) is 27.5 Å². The van der Waals surface area contributed by atoms with Crippen molar-refractivity contribution >= 4 is 15.6 Å². The van der Waals surface area contributed by atoms with E-state index in [2.05, 4.69) is 12.1 Å². The highest BCUT2D eigenvalue weighted by molar-refractivity contribution is 7.90. The minimum atomic E-state index is -2.95. The summed E-state index contributed by atoms with van der Waals surface area (Å²) in [6.07, 6.45) is 3.67. The van der Waals surface area contributed by atoms with Gasteiger partial charge >= 0.3 is 0 Å². The Morgan fingerprint density at radius 1 is 1.22 bits per heavy atom. The largest absolute Gasteiger partial charge is 0.299 e. The zero-order chi connectivity index (χ0) is 13.2. The standard InChI is InChI=1S/C14H18O3S/c1-18(16,17)8-4-7-14(15)13-9-11-5-2-3-6-12(11)10-13/h2-3,5-6,13H,4,7-10H2,1H3. The van der Waals surface area contributed by atoms with Crippen LogP contribution in [0.1, 0.15) is 24.0 Å². The first-order chi connectivity index (χ1) is 8.46. The van der Waals surface area contributed by atoms with Crippen LogP contribution in [0, 0.1) is 5.92 Å². The van der Waals surface area contributed by atoms with Crippen LogP contribution < -0.4 is 0 Å². The Labute approximate surface area is 108 Å². The van der Waals surface area contributed by atoms with Gasteiger partial charge in [-0.2, -0.15) is 0 Å². The monoisotopic (exact) mass is 266 g/mol. The van der Waals surface area contributed by atoms with Gasteiger partial charge in [0, 0.05) is 18.6 Å². The van der Waals surface area contributed by atoms with Crippen LogP contribution >= 0.6 is 0 Å². The molecule has 3 nitrogen and oxygen atoms in total. The van der Waals surface area contributed by atoms with Gasteiger partial charge in [0.05, 0.1) is 5.75 Å². The molecule has 2 rings (SSSR count). The van der Waals surface area contributed by atoms with Gasteiger partial charge in [-0.15, -0.1) is 0 Å². The van der Waals surface area contributed by atoms with Crippen LogP contribution in [0.5, 0.6) is 0 Å². The summed E-state index contributed by atoms with van der Waals surface area (Å²) in [5.41, 5.74) is 2.53. The summed E-state index contributed by atoms with van der Waals surface area (Å²) in [6, 6.07) is 8.13. The van der Waals surface area contributed by atoms with E-state index >= 15 is 0 Å². The first-order valence-corrected chi connectivity index (χ1v) is 8.29. The molecule has 0 atom stereocenters. The Morgan fingerprint density at radius 3 is 2.28 bits per heavy atom. The van der Waals surface area contributed by atoms with Crippen molar-refractivity contribution in [3.63, 3.8) is 0 Å². The molecule has 0 spiro atoms. The fraction of sp³-hybridized carbons (Fsp3) is 0.500. The molecule has 98 valence electrons. The number of fused-ring (bicyclic) bond motifs is 1. The molecular formula is C14H18O3S. The van der Waals surface area contributed by atoms with Gasteiger partial charge in [0.25, 0.3) is 0 Å². The average Bonchev–Trinajstić information content (AvgIpc) is 2.70. The SMILES string of the molecule is CS(=O)(=O)CCCC(=O)C1Cc2ccccc2C1. The number of hydrogen-bond acceptors (Lipinski definition) is 3. The fourth-order valence-electron chi connectivity index (χ4n) is 2.50. The number of ketones is 1. The average molecular weight is 266 g/mol. The van der Waals surface area contributed by atoms with E-state index in [1.165, 1.54) is 17.4 Å². The molecule has 4 heteroatoms. The van der Waals surface area contributed by atoms with Crippen LogP contribution in [0.15, 0.2) is 24.3 Å². The summed E-state index contributed by atoms with van der Waals surface area (Å²) < 4.78 is 22.0. The van der Waals surface area contributed by atoms with Gasteiger partial charge in [-0.05, 0) is 30.4 Å². The predicted octanol–water partition coefficient (Wildman–Crippen LogP) is 1.80. The first kappa shape index (κ1) is 13.3. The smallest absolute Gasteiger partial charge is 0.147 e. The molecule has 0 aromatic heterocycles. The summed E-state index contributed by atoms with van der Waals surface area (Å²) in [6.45, 7) is 0. The Kier molecular flexibility index (Phi) is 3.85. The van der Waals surface area contributed by atoms with Crippen molar-refractivity contribution in [1.82, 2.24) is 0 Å². The lowest BCUT2D eigenvalue weighted by Crippen LogP contribution is -2.16. The summed E-state index contributed by atoms with van der Waals surface area (Å²) in [5, 5.41) is 0. The molecule has 0 saturated carbocycles. The molecule has 1 aliphatic rings. The van der Waals surface area contributed by atoms with Gasteiger partial charge in [0.2, 0.25) is 0 Å². The third-order valence-electron chi connectivity index (χ3n) is 3.44. The number of carbonyl (C=O) groups is 1. The van der Waals surface area contributed by atoms with E-state index in [1.54, 1.807) is 0 Å². The maximum Gasteiger partial charge on any atom is 0.147 e.